The van der Waals surface area contributed by atoms with E-state index in [1.807, 2.05) is 0 Å². The van der Waals surface area contributed by atoms with Crippen molar-refractivity contribution in [2.45, 2.75) is 25.7 Å². The van der Waals surface area contributed by atoms with Crippen molar-refractivity contribution in [2.75, 3.05) is 0 Å². The predicted molar refractivity (Wildman–Crippen MR) is 76.6 cm³/mol. The quantitative estimate of drug-likeness (QED) is 0.879. The second-order valence-corrected chi connectivity index (χ2v) is 5.13. The highest BCUT2D eigenvalue weighted by Gasteiger charge is 2.13. The van der Waals surface area contributed by atoms with Crippen LogP contribution in [0.15, 0.2) is 24.8 Å². The van der Waals surface area contributed by atoms with Crippen molar-refractivity contribution >= 4 is 11.6 Å². The monoisotopic (exact) mass is 305 g/mol. The van der Waals surface area contributed by atoms with Crippen molar-refractivity contribution in [1.29, 1.82) is 0 Å². The number of H-pyrrole nitrogens is 1. The molecule has 0 fully saturated rings. The van der Waals surface area contributed by atoms with Crippen LogP contribution in [-0.2, 0) is 12.8 Å². The summed E-state index contributed by atoms with van der Waals surface area (Å²) in [5.74, 6) is -0.161. The van der Waals surface area contributed by atoms with E-state index in [-0.39, 0.29) is 5.82 Å². The molecule has 1 aliphatic rings. The number of hydrogen-bond acceptors (Lipinski definition) is 4. The molecule has 0 unspecified atom stereocenters. The molecule has 2 aromatic heterocycles. The number of hydrogen-bond donors (Lipinski definition) is 1. The number of halogens is 2. The predicted octanol–water partition coefficient (Wildman–Crippen LogP) is 3.06. The van der Waals surface area contributed by atoms with Gasteiger partial charge in [-0.1, -0.05) is 11.6 Å². The van der Waals surface area contributed by atoms with E-state index in [9.17, 15) is 4.39 Å². The lowest BCUT2D eigenvalue weighted by atomic mass is 9.98. The maximum absolute atomic E-state index is 13.3. The van der Waals surface area contributed by atoms with Crippen LogP contribution >= 0.6 is 11.6 Å². The Morgan fingerprint density at radius 2 is 2.05 bits per heavy atom. The number of rotatable bonds is 1. The maximum atomic E-state index is 13.3. The largest absolute Gasteiger partial charge is 0.281 e. The zero-order valence-electron chi connectivity index (χ0n) is 11.2. The smallest absolute Gasteiger partial charge is 0.164 e. The first-order chi connectivity index (χ1) is 10.2. The highest BCUT2D eigenvalue weighted by molar-refractivity contribution is 6.30. The van der Waals surface area contributed by atoms with Gasteiger partial charge in [-0.2, -0.15) is 5.10 Å². The molecule has 0 aliphatic heterocycles. The summed E-state index contributed by atoms with van der Waals surface area (Å²) in [6.07, 6.45) is 7.84. The zero-order chi connectivity index (χ0) is 14.7. The zero-order valence-corrected chi connectivity index (χ0v) is 11.9. The first-order valence-corrected chi connectivity index (χ1v) is 7.04. The van der Waals surface area contributed by atoms with E-state index >= 15 is 0 Å². The van der Waals surface area contributed by atoms with E-state index in [1.165, 1.54) is 18.6 Å². The number of fused-ring (bicyclic) bond motifs is 1. The average molecular weight is 306 g/mol. The Labute approximate surface area is 126 Å². The third-order valence-electron chi connectivity index (χ3n) is 3.32. The Morgan fingerprint density at radius 1 is 1.19 bits per heavy atom. The number of aryl methyl sites for hydroxylation is 1. The summed E-state index contributed by atoms with van der Waals surface area (Å²) in [6, 6.07) is 1.31. The summed E-state index contributed by atoms with van der Waals surface area (Å²) in [5, 5.41) is 7.37. The van der Waals surface area contributed by atoms with Gasteiger partial charge in [0.25, 0.3) is 0 Å². The number of nitrogens with zero attached hydrogens (tertiary/aromatic N) is 4. The molecule has 0 bridgehead atoms. The lowest BCUT2D eigenvalue weighted by molar-refractivity contribution is 0.622. The number of nitrogens with one attached hydrogen (secondary N) is 1. The van der Waals surface area contributed by atoms with E-state index < -0.39 is 5.82 Å². The Balaban J connectivity index is 2.19. The molecule has 2 aromatic rings. The highest BCUT2D eigenvalue weighted by Crippen LogP contribution is 2.24. The lowest BCUT2D eigenvalue weighted by Gasteiger charge is -2.12. The second-order valence-electron chi connectivity index (χ2n) is 4.77. The number of aromatic nitrogens is 5. The molecule has 7 heteroatoms. The number of aromatic amines is 1. The topological polar surface area (TPSA) is 67.3 Å². The second kappa shape index (κ2) is 6.13. The average Bonchev–Trinajstić information content (AvgIpc) is 2.57. The van der Waals surface area contributed by atoms with Gasteiger partial charge in [-0.15, -0.1) is 0 Å². The van der Waals surface area contributed by atoms with E-state index in [1.54, 1.807) is 0 Å². The summed E-state index contributed by atoms with van der Waals surface area (Å²) in [7, 11) is 0. The molecule has 3 rings (SSSR count). The Hall–Kier alpha value is -2.08. The van der Waals surface area contributed by atoms with Crippen LogP contribution in [0.4, 0.5) is 4.39 Å². The molecular formula is C14H13ClFN5. The lowest BCUT2D eigenvalue weighted by Crippen LogP contribution is -2.05. The van der Waals surface area contributed by atoms with E-state index in [0.29, 0.717) is 10.7 Å². The van der Waals surface area contributed by atoms with Crippen LogP contribution < -0.4 is 0 Å². The normalized spacial score (nSPS) is 13.4. The van der Waals surface area contributed by atoms with Gasteiger partial charge in [0.1, 0.15) is 17.3 Å². The van der Waals surface area contributed by atoms with Gasteiger partial charge in [0.15, 0.2) is 5.82 Å². The number of pyridine rings is 1. The fourth-order valence-corrected chi connectivity index (χ4v) is 2.60. The molecule has 0 saturated heterocycles. The van der Waals surface area contributed by atoms with Crippen LogP contribution in [0.2, 0.25) is 5.15 Å². The van der Waals surface area contributed by atoms with Gasteiger partial charge in [0.05, 0.1) is 6.20 Å². The molecular weight excluding hydrogens is 293 g/mol. The van der Waals surface area contributed by atoms with Gasteiger partial charge >= 0.3 is 0 Å². The van der Waals surface area contributed by atoms with Crippen molar-refractivity contribution < 1.29 is 4.39 Å². The first kappa shape index (κ1) is 13.9. The molecule has 0 radical (unpaired) electrons. The van der Waals surface area contributed by atoms with Crippen LogP contribution in [0.1, 0.15) is 24.1 Å². The van der Waals surface area contributed by atoms with Gasteiger partial charge in [-0.25, -0.2) is 14.4 Å². The van der Waals surface area contributed by atoms with E-state index in [2.05, 4.69) is 25.1 Å². The standard InChI is InChI=1S/C14H13ClFN5/c15-13-11-3-1-2-4-12(11)21-19-8-18-14(20-13)9-5-10(16)7-17-6-9/h5-8,21H,1-4H2. The van der Waals surface area contributed by atoms with Gasteiger partial charge in [0, 0.05) is 23.0 Å². The Kier molecular flexibility index (Phi) is 4.06. The Morgan fingerprint density at radius 3 is 2.90 bits per heavy atom. The molecule has 0 amide bonds. The minimum atomic E-state index is -0.450. The minimum Gasteiger partial charge on any atom is -0.281 e. The molecule has 0 atom stereocenters. The van der Waals surface area contributed by atoms with Crippen LogP contribution in [0, 0.1) is 5.82 Å². The molecule has 0 saturated carbocycles. The van der Waals surface area contributed by atoms with Gasteiger partial charge < -0.3 is 0 Å². The highest BCUT2D eigenvalue weighted by atomic mass is 35.5. The fourth-order valence-electron chi connectivity index (χ4n) is 2.31. The van der Waals surface area contributed by atoms with Gasteiger partial charge in [-0.3, -0.25) is 10.1 Å². The molecule has 0 aromatic carbocycles. The fraction of sp³-hybridized carbons (Fsp3) is 0.286. The van der Waals surface area contributed by atoms with Crippen LogP contribution in [0.5, 0.6) is 0 Å². The molecule has 5 nitrogen and oxygen atoms in total. The molecule has 21 heavy (non-hydrogen) atoms. The molecule has 108 valence electrons. The van der Waals surface area contributed by atoms with Crippen LogP contribution in [0.3, 0.4) is 0 Å². The maximum Gasteiger partial charge on any atom is 0.164 e. The van der Waals surface area contributed by atoms with Gasteiger partial charge in [-0.05, 0) is 31.7 Å². The van der Waals surface area contributed by atoms with Crippen molar-refractivity contribution in [3.05, 3.63) is 47.0 Å². The molecule has 2 heterocycles. The SMILES string of the molecule is Fc1cncc(-c2ncn[nH]c3c(c(Cl)n2)CCCC3)c1. The molecule has 1 aliphatic carbocycles. The third kappa shape index (κ3) is 3.16. The van der Waals surface area contributed by atoms with Crippen molar-refractivity contribution in [1.82, 2.24) is 25.1 Å². The minimum absolute atomic E-state index is 0.289. The Bertz CT molecular complexity index is 714. The molecule has 1 N–H and O–H groups in total. The summed E-state index contributed by atoms with van der Waals surface area (Å²) < 4.78 is 13.3. The third-order valence-corrected chi connectivity index (χ3v) is 3.63. The van der Waals surface area contributed by atoms with Crippen molar-refractivity contribution in [3.63, 3.8) is 0 Å². The van der Waals surface area contributed by atoms with Crippen molar-refractivity contribution in [2.24, 2.45) is 0 Å². The summed E-state index contributed by atoms with van der Waals surface area (Å²) in [6.45, 7) is 0. The summed E-state index contributed by atoms with van der Waals surface area (Å²) >= 11 is 6.33. The van der Waals surface area contributed by atoms with Crippen LogP contribution in [-0.4, -0.2) is 25.1 Å². The van der Waals surface area contributed by atoms with E-state index in [4.69, 9.17) is 11.6 Å². The van der Waals surface area contributed by atoms with Crippen LogP contribution in [0.25, 0.3) is 11.4 Å². The van der Waals surface area contributed by atoms with Gasteiger partial charge in [0.2, 0.25) is 0 Å². The summed E-state index contributed by atoms with van der Waals surface area (Å²) in [5.41, 5.74) is 2.37. The first-order valence-electron chi connectivity index (χ1n) is 6.67. The summed E-state index contributed by atoms with van der Waals surface area (Å²) in [4.78, 5) is 12.3. The van der Waals surface area contributed by atoms with Crippen molar-refractivity contribution in [3.8, 4) is 11.4 Å². The van der Waals surface area contributed by atoms with E-state index in [0.717, 1.165) is 43.1 Å². The molecule has 0 spiro atoms.